The summed E-state index contributed by atoms with van der Waals surface area (Å²) in [4.78, 5) is 14.7. The number of aliphatic carboxylic acids is 1. The molecule has 1 N–H and O–H groups in total. The van der Waals surface area contributed by atoms with E-state index in [9.17, 15) is 31.5 Å². The Bertz CT molecular complexity index is 1300. The number of sulfone groups is 1. The number of hydrogen-bond donors (Lipinski definition) is 1. The maximum absolute atomic E-state index is 14.3. The van der Waals surface area contributed by atoms with Crippen molar-refractivity contribution in [3.8, 4) is 0 Å². The molecule has 3 heterocycles. The summed E-state index contributed by atoms with van der Waals surface area (Å²) in [6, 6.07) is 6.42. The zero-order valence-electron chi connectivity index (χ0n) is 15.8. The van der Waals surface area contributed by atoms with Gasteiger partial charge in [-0.15, -0.1) is 0 Å². The van der Waals surface area contributed by atoms with Gasteiger partial charge in [-0.2, -0.15) is 8.78 Å². The molecule has 30 heavy (non-hydrogen) atoms. The van der Waals surface area contributed by atoms with E-state index in [0.29, 0.717) is 22.2 Å². The van der Waals surface area contributed by atoms with Gasteiger partial charge >= 0.3 is 5.97 Å². The highest BCUT2D eigenvalue weighted by molar-refractivity contribution is 7.91. The van der Waals surface area contributed by atoms with Crippen LogP contribution < -0.4 is 0 Å². The molecule has 0 fully saturated rings. The monoisotopic (exact) mass is 438 g/mol. The lowest BCUT2D eigenvalue weighted by Gasteiger charge is -2.24. The van der Waals surface area contributed by atoms with Crippen LogP contribution in [0.25, 0.3) is 10.9 Å². The van der Waals surface area contributed by atoms with E-state index < -0.39 is 50.3 Å². The average molecular weight is 438 g/mol. The highest BCUT2D eigenvalue weighted by Gasteiger charge is 2.44. The Morgan fingerprint density at radius 1 is 1.27 bits per heavy atom. The van der Waals surface area contributed by atoms with E-state index in [4.69, 9.17) is 0 Å². The van der Waals surface area contributed by atoms with Crippen LogP contribution in [0.5, 0.6) is 0 Å². The zero-order valence-corrected chi connectivity index (χ0v) is 16.6. The largest absolute Gasteiger partial charge is 0.480 e. The molecule has 0 amide bonds. The molecule has 0 unspecified atom stereocenters. The molecule has 0 aliphatic carbocycles. The molecule has 0 radical (unpaired) electrons. The van der Waals surface area contributed by atoms with Crippen molar-refractivity contribution in [3.63, 3.8) is 0 Å². The maximum atomic E-state index is 14.3. The SMILES string of the molecule is Cc1c(Cc2ccc3c(n2)C(F)(F)CCS3(=O)=O)c2cc(F)ccc2n1CC(=O)O. The maximum Gasteiger partial charge on any atom is 0.323 e. The van der Waals surface area contributed by atoms with Crippen LogP contribution in [-0.2, 0) is 33.5 Å². The molecule has 10 heteroatoms. The van der Waals surface area contributed by atoms with Gasteiger partial charge in [0.05, 0.1) is 10.6 Å². The second-order valence-corrected chi connectivity index (χ2v) is 9.38. The molecule has 0 saturated heterocycles. The van der Waals surface area contributed by atoms with Crippen LogP contribution in [0.1, 0.15) is 29.1 Å². The lowest BCUT2D eigenvalue weighted by molar-refractivity contribution is -0.137. The summed E-state index contributed by atoms with van der Waals surface area (Å²) in [5.74, 6) is -5.61. The first kappa shape index (κ1) is 20.4. The van der Waals surface area contributed by atoms with Crippen molar-refractivity contribution in [2.75, 3.05) is 5.75 Å². The molecule has 6 nitrogen and oxygen atoms in total. The molecule has 4 rings (SSSR count). The van der Waals surface area contributed by atoms with Crippen molar-refractivity contribution >= 4 is 26.7 Å². The molecule has 0 spiro atoms. The first-order valence-electron chi connectivity index (χ1n) is 9.09. The minimum Gasteiger partial charge on any atom is -0.480 e. The Balaban J connectivity index is 1.85. The third kappa shape index (κ3) is 3.34. The number of carboxylic acids is 1. The van der Waals surface area contributed by atoms with Gasteiger partial charge in [-0.05, 0) is 42.8 Å². The Kier molecular flexibility index (Phi) is 4.64. The van der Waals surface area contributed by atoms with E-state index in [-0.39, 0.29) is 18.7 Å². The van der Waals surface area contributed by atoms with Gasteiger partial charge in [0, 0.05) is 35.1 Å². The highest BCUT2D eigenvalue weighted by Crippen LogP contribution is 2.40. The van der Waals surface area contributed by atoms with Crippen molar-refractivity contribution in [1.29, 1.82) is 0 Å². The summed E-state index contributed by atoms with van der Waals surface area (Å²) in [6.45, 7) is 1.32. The smallest absolute Gasteiger partial charge is 0.323 e. The molecule has 0 saturated carbocycles. The van der Waals surface area contributed by atoms with E-state index in [2.05, 4.69) is 4.98 Å². The summed E-state index contributed by atoms with van der Waals surface area (Å²) in [6.07, 6.45) is -0.817. The second kappa shape index (κ2) is 6.83. The molecular formula is C20H17F3N2O4S. The van der Waals surface area contributed by atoms with Crippen molar-refractivity contribution in [3.05, 3.63) is 58.8 Å². The Hall–Kier alpha value is -2.88. The summed E-state index contributed by atoms with van der Waals surface area (Å²) < 4.78 is 68.3. The van der Waals surface area contributed by atoms with Crippen LogP contribution in [0.3, 0.4) is 0 Å². The van der Waals surface area contributed by atoms with E-state index in [1.54, 1.807) is 6.92 Å². The Morgan fingerprint density at radius 2 is 2.00 bits per heavy atom. The fraction of sp³-hybridized carbons (Fsp3) is 0.300. The summed E-state index contributed by atoms with van der Waals surface area (Å²) >= 11 is 0. The minimum atomic E-state index is -3.82. The fourth-order valence-electron chi connectivity index (χ4n) is 3.86. The third-order valence-electron chi connectivity index (χ3n) is 5.35. The van der Waals surface area contributed by atoms with Gasteiger partial charge in [-0.1, -0.05) is 0 Å². The summed E-state index contributed by atoms with van der Waals surface area (Å²) in [5, 5.41) is 9.65. The first-order chi connectivity index (χ1) is 14.0. The first-order valence-corrected chi connectivity index (χ1v) is 10.7. The number of alkyl halides is 2. The molecule has 1 aromatic carbocycles. The van der Waals surface area contributed by atoms with Crippen molar-refractivity contribution in [2.24, 2.45) is 0 Å². The number of hydrogen-bond acceptors (Lipinski definition) is 4. The molecular weight excluding hydrogens is 421 g/mol. The van der Waals surface area contributed by atoms with Crippen LogP contribution in [0.15, 0.2) is 35.2 Å². The molecule has 1 aliphatic rings. The summed E-state index contributed by atoms with van der Waals surface area (Å²) in [5.41, 5.74) is 0.992. The standard InChI is InChI=1S/C20H17F3N2O4S/c1-11-14(15-8-12(21)2-4-16(15)25(11)10-18(26)27)9-13-3-5-17-19(24-13)20(22,23)6-7-30(17,28)29/h2-5,8H,6-7,9-10H2,1H3,(H,26,27). The molecule has 3 aromatic rings. The van der Waals surface area contributed by atoms with Crippen LogP contribution in [0.4, 0.5) is 13.2 Å². The number of halogens is 3. The fourth-order valence-corrected chi connectivity index (χ4v) is 5.37. The second-order valence-electron chi connectivity index (χ2n) is 7.30. The third-order valence-corrected chi connectivity index (χ3v) is 7.09. The van der Waals surface area contributed by atoms with Gasteiger partial charge in [0.15, 0.2) is 9.84 Å². The topological polar surface area (TPSA) is 89.3 Å². The highest BCUT2D eigenvalue weighted by atomic mass is 32.2. The number of pyridine rings is 1. The van der Waals surface area contributed by atoms with Gasteiger partial charge in [0.2, 0.25) is 0 Å². The number of fused-ring (bicyclic) bond motifs is 2. The quantitative estimate of drug-likeness (QED) is 0.674. The Morgan fingerprint density at radius 3 is 2.70 bits per heavy atom. The Labute approximate surface area is 169 Å². The molecule has 1 aliphatic heterocycles. The van der Waals surface area contributed by atoms with Crippen LogP contribution in [0, 0.1) is 12.7 Å². The summed E-state index contributed by atoms with van der Waals surface area (Å²) in [7, 11) is -3.82. The number of carbonyl (C=O) groups is 1. The lowest BCUT2D eigenvalue weighted by atomic mass is 10.0. The van der Waals surface area contributed by atoms with E-state index >= 15 is 0 Å². The van der Waals surface area contributed by atoms with E-state index in [0.717, 1.165) is 6.07 Å². The minimum absolute atomic E-state index is 0.0157. The van der Waals surface area contributed by atoms with Gasteiger partial charge in [0.25, 0.3) is 5.92 Å². The molecule has 0 bridgehead atoms. The van der Waals surface area contributed by atoms with Gasteiger partial charge in [-0.3, -0.25) is 4.79 Å². The normalized spacial score (nSPS) is 17.1. The van der Waals surface area contributed by atoms with Crippen LogP contribution in [-0.4, -0.2) is 34.8 Å². The average Bonchev–Trinajstić information content (AvgIpc) is 2.90. The lowest BCUT2D eigenvalue weighted by Crippen LogP contribution is -2.30. The molecule has 2 aromatic heterocycles. The predicted octanol–water partition coefficient (Wildman–Crippen LogP) is 3.43. The van der Waals surface area contributed by atoms with Crippen LogP contribution >= 0.6 is 0 Å². The molecule has 158 valence electrons. The van der Waals surface area contributed by atoms with Gasteiger partial charge < -0.3 is 9.67 Å². The predicted molar refractivity (Wildman–Crippen MR) is 102 cm³/mol. The number of benzene rings is 1. The van der Waals surface area contributed by atoms with Crippen molar-refractivity contribution in [1.82, 2.24) is 9.55 Å². The molecule has 0 atom stereocenters. The van der Waals surface area contributed by atoms with E-state index in [1.807, 2.05) is 0 Å². The van der Waals surface area contributed by atoms with Crippen molar-refractivity contribution < 1.29 is 31.5 Å². The number of aromatic nitrogens is 2. The zero-order chi connectivity index (χ0) is 21.8. The van der Waals surface area contributed by atoms with Crippen molar-refractivity contribution in [2.45, 2.75) is 37.1 Å². The number of carboxylic acid groups (broad SMARTS) is 1. The van der Waals surface area contributed by atoms with Crippen LogP contribution in [0.2, 0.25) is 0 Å². The van der Waals surface area contributed by atoms with Gasteiger partial charge in [-0.25, -0.2) is 17.8 Å². The van der Waals surface area contributed by atoms with E-state index in [1.165, 1.54) is 28.8 Å². The number of rotatable bonds is 4. The number of nitrogens with zero attached hydrogens (tertiary/aromatic N) is 2. The van der Waals surface area contributed by atoms with Gasteiger partial charge in [0.1, 0.15) is 18.1 Å².